The molecule has 5 nitrogen and oxygen atoms in total. The Morgan fingerprint density at radius 1 is 1.60 bits per heavy atom. The monoisotopic (exact) mass is 272 g/mol. The van der Waals surface area contributed by atoms with Crippen LogP contribution >= 0.6 is 15.9 Å². The number of nitrogens with zero attached hydrogens (tertiary/aromatic N) is 1. The maximum atomic E-state index is 10.5. The van der Waals surface area contributed by atoms with Crippen molar-refractivity contribution in [3.8, 4) is 0 Å². The molecule has 0 aliphatic heterocycles. The first-order valence-corrected chi connectivity index (χ1v) is 5.32. The summed E-state index contributed by atoms with van der Waals surface area (Å²) < 4.78 is 0.807. The number of nitrogens with two attached hydrogens (primary N) is 2. The molecule has 0 atom stereocenters. The summed E-state index contributed by atoms with van der Waals surface area (Å²) in [5.74, 6) is 0.426. The van der Waals surface area contributed by atoms with Gasteiger partial charge >= 0.3 is 0 Å². The molecule has 1 aromatic rings. The van der Waals surface area contributed by atoms with Crippen LogP contribution in [0.15, 0.2) is 16.7 Å². The van der Waals surface area contributed by atoms with Crippen molar-refractivity contribution < 1.29 is 4.79 Å². The van der Waals surface area contributed by atoms with Crippen LogP contribution in [0.25, 0.3) is 0 Å². The Balaban J connectivity index is 2.40. The van der Waals surface area contributed by atoms with Crippen molar-refractivity contribution in [3.05, 3.63) is 16.7 Å². The lowest BCUT2D eigenvalue weighted by atomic mass is 10.3. The third-order valence-electron chi connectivity index (χ3n) is 1.75. The number of carbonyl (C=O) groups excluding carboxylic acids is 1. The molecule has 0 unspecified atom stereocenters. The Bertz CT molecular complexity index is 356. The quantitative estimate of drug-likeness (QED) is 0.700. The van der Waals surface area contributed by atoms with Gasteiger partial charge in [-0.2, -0.15) is 0 Å². The van der Waals surface area contributed by atoms with Crippen LogP contribution in [-0.2, 0) is 4.79 Å². The molecular formula is C9H13BrN4O. The van der Waals surface area contributed by atoms with E-state index in [0.717, 1.165) is 4.47 Å². The van der Waals surface area contributed by atoms with Gasteiger partial charge in [-0.15, -0.1) is 0 Å². The van der Waals surface area contributed by atoms with Gasteiger partial charge in [0.05, 0.1) is 16.4 Å². The van der Waals surface area contributed by atoms with E-state index < -0.39 is 0 Å². The van der Waals surface area contributed by atoms with Crippen molar-refractivity contribution in [2.75, 3.05) is 17.6 Å². The lowest BCUT2D eigenvalue weighted by Crippen LogP contribution is -2.13. The van der Waals surface area contributed by atoms with Crippen molar-refractivity contribution in [1.82, 2.24) is 4.98 Å². The molecule has 0 aromatic carbocycles. The van der Waals surface area contributed by atoms with E-state index in [1.54, 1.807) is 12.3 Å². The molecule has 0 aliphatic rings. The van der Waals surface area contributed by atoms with Gasteiger partial charge in [0.15, 0.2) is 0 Å². The number of amides is 1. The van der Waals surface area contributed by atoms with Gasteiger partial charge in [0, 0.05) is 13.0 Å². The number of hydrogen-bond acceptors (Lipinski definition) is 4. The van der Waals surface area contributed by atoms with Gasteiger partial charge in [0.2, 0.25) is 5.91 Å². The second kappa shape index (κ2) is 5.55. The summed E-state index contributed by atoms with van der Waals surface area (Å²) in [5.41, 5.74) is 11.2. The van der Waals surface area contributed by atoms with Crippen LogP contribution in [0.3, 0.4) is 0 Å². The van der Waals surface area contributed by atoms with E-state index in [-0.39, 0.29) is 5.91 Å². The summed E-state index contributed by atoms with van der Waals surface area (Å²) in [6.45, 7) is 0.651. The molecule has 0 radical (unpaired) electrons. The predicted octanol–water partition coefficient (Wildman–Crippen LogP) is 1.10. The summed E-state index contributed by atoms with van der Waals surface area (Å²) in [4.78, 5) is 14.6. The number of nitrogen functional groups attached to an aromatic ring is 1. The SMILES string of the molecule is NC(=O)CCCNc1ncc(N)cc1Br. The second-order valence-corrected chi connectivity index (χ2v) is 3.95. The van der Waals surface area contributed by atoms with Crippen LogP contribution in [-0.4, -0.2) is 17.4 Å². The predicted molar refractivity (Wildman–Crippen MR) is 63.3 cm³/mol. The number of rotatable bonds is 5. The van der Waals surface area contributed by atoms with Crippen molar-refractivity contribution in [2.45, 2.75) is 12.8 Å². The standard InChI is InChI=1S/C9H13BrN4O/c10-7-4-6(11)5-14-9(7)13-3-1-2-8(12)15/h4-5H,1-3,11H2,(H2,12,15)(H,13,14). The van der Waals surface area contributed by atoms with Crippen LogP contribution in [0.4, 0.5) is 11.5 Å². The lowest BCUT2D eigenvalue weighted by molar-refractivity contribution is -0.118. The molecule has 1 aromatic heterocycles. The Morgan fingerprint density at radius 2 is 2.33 bits per heavy atom. The van der Waals surface area contributed by atoms with Crippen molar-refractivity contribution in [1.29, 1.82) is 0 Å². The van der Waals surface area contributed by atoms with Gasteiger partial charge in [-0.25, -0.2) is 4.98 Å². The van der Waals surface area contributed by atoms with E-state index in [1.807, 2.05) is 0 Å². The first-order chi connectivity index (χ1) is 7.09. The maximum absolute atomic E-state index is 10.5. The number of hydrogen-bond donors (Lipinski definition) is 3. The molecule has 0 aliphatic carbocycles. The second-order valence-electron chi connectivity index (χ2n) is 3.10. The minimum Gasteiger partial charge on any atom is -0.397 e. The fraction of sp³-hybridized carbons (Fsp3) is 0.333. The number of halogens is 1. The average molecular weight is 273 g/mol. The van der Waals surface area contributed by atoms with Gasteiger partial charge < -0.3 is 16.8 Å². The Labute approximate surface area is 96.4 Å². The van der Waals surface area contributed by atoms with Crippen LogP contribution < -0.4 is 16.8 Å². The molecule has 82 valence electrons. The summed E-state index contributed by atoms with van der Waals surface area (Å²) in [6.07, 6.45) is 2.63. The van der Waals surface area contributed by atoms with Crippen molar-refractivity contribution >= 4 is 33.3 Å². The summed E-state index contributed by atoms with van der Waals surface area (Å²) >= 11 is 3.33. The molecule has 0 fully saturated rings. The zero-order valence-electron chi connectivity index (χ0n) is 8.16. The van der Waals surface area contributed by atoms with E-state index in [0.29, 0.717) is 30.9 Å². The van der Waals surface area contributed by atoms with Crippen LogP contribution in [0.2, 0.25) is 0 Å². The largest absolute Gasteiger partial charge is 0.397 e. The summed E-state index contributed by atoms with van der Waals surface area (Å²) in [7, 11) is 0. The van der Waals surface area contributed by atoms with Gasteiger partial charge in [-0.1, -0.05) is 0 Å². The molecule has 0 saturated heterocycles. The molecule has 1 rings (SSSR count). The van der Waals surface area contributed by atoms with Gasteiger partial charge in [0.25, 0.3) is 0 Å². The Hall–Kier alpha value is -1.30. The van der Waals surface area contributed by atoms with Gasteiger partial charge in [0.1, 0.15) is 5.82 Å². The Kier molecular flexibility index (Phi) is 4.36. The number of anilines is 2. The number of carbonyl (C=O) groups is 1. The van der Waals surface area contributed by atoms with E-state index in [2.05, 4.69) is 26.2 Å². The third kappa shape index (κ3) is 4.16. The fourth-order valence-electron chi connectivity index (χ4n) is 1.05. The molecule has 5 N–H and O–H groups in total. The van der Waals surface area contributed by atoms with E-state index in [9.17, 15) is 4.79 Å². The Morgan fingerprint density at radius 3 is 2.93 bits per heavy atom. The number of pyridine rings is 1. The molecule has 0 spiro atoms. The van der Waals surface area contributed by atoms with Crippen LogP contribution in [0.1, 0.15) is 12.8 Å². The minimum atomic E-state index is -0.291. The average Bonchev–Trinajstić information content (AvgIpc) is 2.14. The minimum absolute atomic E-state index is 0.291. The van der Waals surface area contributed by atoms with Crippen LogP contribution in [0.5, 0.6) is 0 Å². The number of aromatic nitrogens is 1. The normalized spacial score (nSPS) is 9.93. The van der Waals surface area contributed by atoms with E-state index in [4.69, 9.17) is 11.5 Å². The third-order valence-corrected chi connectivity index (χ3v) is 2.36. The molecule has 6 heteroatoms. The highest BCUT2D eigenvalue weighted by molar-refractivity contribution is 9.10. The van der Waals surface area contributed by atoms with Crippen molar-refractivity contribution in [3.63, 3.8) is 0 Å². The first kappa shape index (κ1) is 11.8. The topological polar surface area (TPSA) is 94.0 Å². The smallest absolute Gasteiger partial charge is 0.217 e. The number of nitrogens with one attached hydrogen (secondary N) is 1. The number of primary amides is 1. The molecule has 1 amide bonds. The molecule has 1 heterocycles. The lowest BCUT2D eigenvalue weighted by Gasteiger charge is -2.06. The zero-order chi connectivity index (χ0) is 11.3. The highest BCUT2D eigenvalue weighted by Crippen LogP contribution is 2.21. The van der Waals surface area contributed by atoms with Gasteiger partial charge in [-0.3, -0.25) is 4.79 Å². The van der Waals surface area contributed by atoms with Crippen molar-refractivity contribution in [2.24, 2.45) is 5.73 Å². The highest BCUT2D eigenvalue weighted by atomic mass is 79.9. The zero-order valence-corrected chi connectivity index (χ0v) is 9.75. The molecule has 0 saturated carbocycles. The van der Waals surface area contributed by atoms with Gasteiger partial charge in [-0.05, 0) is 28.4 Å². The first-order valence-electron chi connectivity index (χ1n) is 4.53. The molecular weight excluding hydrogens is 260 g/mol. The summed E-state index contributed by atoms with van der Waals surface area (Å²) in [6, 6.07) is 1.77. The van der Waals surface area contributed by atoms with E-state index in [1.165, 1.54) is 0 Å². The maximum Gasteiger partial charge on any atom is 0.217 e. The van der Waals surface area contributed by atoms with E-state index >= 15 is 0 Å². The molecule has 15 heavy (non-hydrogen) atoms. The summed E-state index contributed by atoms with van der Waals surface area (Å²) in [5, 5.41) is 3.07. The highest BCUT2D eigenvalue weighted by Gasteiger charge is 2.01. The molecule has 0 bridgehead atoms. The van der Waals surface area contributed by atoms with Crippen LogP contribution in [0, 0.1) is 0 Å². The fourth-order valence-corrected chi connectivity index (χ4v) is 1.56.